The van der Waals surface area contributed by atoms with E-state index in [1.165, 1.54) is 18.2 Å². The fraction of sp³-hybridized carbons (Fsp3) is 0.125. The molecule has 2 N–H and O–H groups in total. The smallest absolute Gasteiger partial charge is 0.326 e. The molecule has 0 spiro atoms. The average molecular weight is 377 g/mol. The number of hydrogen-bond acceptors (Lipinski definition) is 6. The number of carbonyl (C=O) groups excluding carboxylic acids is 1. The highest BCUT2D eigenvalue weighted by molar-refractivity contribution is 5.97. The maximum absolute atomic E-state index is 13.4. The molecule has 0 saturated heterocycles. The van der Waals surface area contributed by atoms with Gasteiger partial charge in [0.05, 0.1) is 9.85 Å². The van der Waals surface area contributed by atoms with E-state index >= 15 is 0 Å². The van der Waals surface area contributed by atoms with Gasteiger partial charge in [-0.15, -0.1) is 0 Å². The topological polar surface area (TPSA) is 153 Å². The number of rotatable bonds is 7. The highest BCUT2D eigenvalue weighted by atomic mass is 19.1. The second kappa shape index (κ2) is 7.99. The minimum Gasteiger partial charge on any atom is -0.480 e. The maximum atomic E-state index is 13.4. The molecule has 1 amide bonds. The summed E-state index contributed by atoms with van der Waals surface area (Å²) in [5.74, 6) is -3.38. The third-order valence-electron chi connectivity index (χ3n) is 3.57. The van der Waals surface area contributed by atoms with Crippen LogP contribution in [0.25, 0.3) is 0 Å². The van der Waals surface area contributed by atoms with Crippen LogP contribution < -0.4 is 5.32 Å². The molecule has 1 atom stereocenters. The van der Waals surface area contributed by atoms with Crippen LogP contribution in [0.2, 0.25) is 0 Å². The number of carboxylic acid groups (broad SMARTS) is 1. The number of carboxylic acids is 1. The molecule has 0 aromatic heterocycles. The van der Waals surface area contributed by atoms with Crippen LogP contribution in [0.1, 0.15) is 15.9 Å². The van der Waals surface area contributed by atoms with Crippen LogP contribution in [0, 0.1) is 26.0 Å². The average Bonchev–Trinajstić information content (AvgIpc) is 2.62. The van der Waals surface area contributed by atoms with Crippen molar-refractivity contribution in [1.29, 1.82) is 0 Å². The van der Waals surface area contributed by atoms with Gasteiger partial charge < -0.3 is 10.4 Å². The van der Waals surface area contributed by atoms with Gasteiger partial charge in [-0.3, -0.25) is 25.0 Å². The number of amides is 1. The van der Waals surface area contributed by atoms with Crippen LogP contribution in [-0.4, -0.2) is 32.9 Å². The molecular formula is C16H12FN3O7. The number of nitrogens with one attached hydrogen (secondary N) is 1. The Bertz CT molecular complexity index is 932. The number of hydrogen-bond donors (Lipinski definition) is 2. The molecule has 0 aliphatic rings. The molecule has 0 saturated carbocycles. The second-order valence-electron chi connectivity index (χ2n) is 5.42. The zero-order valence-electron chi connectivity index (χ0n) is 13.5. The first-order valence-electron chi connectivity index (χ1n) is 7.40. The molecule has 140 valence electrons. The third kappa shape index (κ3) is 4.81. The third-order valence-corrected chi connectivity index (χ3v) is 3.57. The molecule has 0 radical (unpaired) electrons. The molecule has 2 aromatic carbocycles. The summed E-state index contributed by atoms with van der Waals surface area (Å²) in [4.78, 5) is 43.5. The van der Waals surface area contributed by atoms with Crippen LogP contribution in [-0.2, 0) is 11.2 Å². The van der Waals surface area contributed by atoms with Gasteiger partial charge in [-0.05, 0) is 17.7 Å². The summed E-state index contributed by atoms with van der Waals surface area (Å²) in [5, 5.41) is 33.0. The Hall–Kier alpha value is -3.89. The van der Waals surface area contributed by atoms with Gasteiger partial charge in [0.2, 0.25) is 5.82 Å². The summed E-state index contributed by atoms with van der Waals surface area (Å²) in [6, 6.07) is 6.08. The van der Waals surface area contributed by atoms with E-state index in [1.807, 2.05) is 0 Å². The standard InChI is InChI=1S/C16H12FN3O7/c17-12-5-4-9(7-14(12)20(26)27)6-13(16(22)23)18-15(21)10-2-1-3-11(8-10)19(24)25/h1-5,7-8,13H,6H2,(H,18,21)(H,22,23)/t13-/m0/s1. The van der Waals surface area contributed by atoms with E-state index in [0.717, 1.165) is 24.3 Å². The molecule has 0 heterocycles. The molecule has 0 fully saturated rings. The molecule has 11 heteroatoms. The van der Waals surface area contributed by atoms with E-state index in [2.05, 4.69) is 5.32 Å². The van der Waals surface area contributed by atoms with Gasteiger partial charge in [-0.25, -0.2) is 4.79 Å². The predicted octanol–water partition coefficient (Wildman–Crippen LogP) is 2.07. The lowest BCUT2D eigenvalue weighted by molar-refractivity contribution is -0.387. The van der Waals surface area contributed by atoms with Crippen molar-refractivity contribution in [2.75, 3.05) is 0 Å². The molecule has 10 nitrogen and oxygen atoms in total. The zero-order valence-corrected chi connectivity index (χ0v) is 13.5. The van der Waals surface area contributed by atoms with E-state index in [4.69, 9.17) is 0 Å². The fourth-order valence-corrected chi connectivity index (χ4v) is 2.26. The van der Waals surface area contributed by atoms with Gasteiger partial charge in [-0.2, -0.15) is 4.39 Å². The Labute approximate surface area is 150 Å². The number of benzene rings is 2. The molecule has 0 aliphatic heterocycles. The Morgan fingerprint density at radius 3 is 2.41 bits per heavy atom. The predicted molar refractivity (Wildman–Crippen MR) is 88.7 cm³/mol. The van der Waals surface area contributed by atoms with Crippen molar-refractivity contribution in [2.24, 2.45) is 0 Å². The number of aliphatic carboxylic acids is 1. The quantitative estimate of drug-likeness (QED) is 0.553. The summed E-state index contributed by atoms with van der Waals surface area (Å²) < 4.78 is 13.4. The van der Waals surface area contributed by atoms with E-state index in [0.29, 0.717) is 0 Å². The Kier molecular flexibility index (Phi) is 5.75. The van der Waals surface area contributed by atoms with Crippen LogP contribution in [0.4, 0.5) is 15.8 Å². The van der Waals surface area contributed by atoms with Gasteiger partial charge in [0.25, 0.3) is 11.6 Å². The highest BCUT2D eigenvalue weighted by Crippen LogP contribution is 2.20. The van der Waals surface area contributed by atoms with Crippen LogP contribution in [0.3, 0.4) is 0 Å². The summed E-state index contributed by atoms with van der Waals surface area (Å²) in [6.07, 6.45) is -0.350. The first-order chi connectivity index (χ1) is 12.7. The van der Waals surface area contributed by atoms with Gasteiger partial charge in [0, 0.05) is 30.2 Å². The molecule has 2 aromatic rings. The first-order valence-corrected chi connectivity index (χ1v) is 7.40. The number of non-ortho nitro benzene ring substituents is 1. The van der Waals surface area contributed by atoms with Crippen molar-refractivity contribution in [2.45, 2.75) is 12.5 Å². The largest absolute Gasteiger partial charge is 0.480 e. The summed E-state index contributed by atoms with van der Waals surface area (Å²) in [7, 11) is 0. The summed E-state index contributed by atoms with van der Waals surface area (Å²) >= 11 is 0. The first kappa shape index (κ1) is 19.4. The SMILES string of the molecule is O=C(N[C@@H](Cc1ccc(F)c([N+](=O)[O-])c1)C(=O)O)c1cccc([N+](=O)[O-])c1. The van der Waals surface area contributed by atoms with E-state index in [9.17, 15) is 39.3 Å². The molecule has 27 heavy (non-hydrogen) atoms. The van der Waals surface area contributed by atoms with Gasteiger partial charge in [-0.1, -0.05) is 12.1 Å². The number of nitro groups is 2. The maximum Gasteiger partial charge on any atom is 0.326 e. The van der Waals surface area contributed by atoms with Gasteiger partial charge in [0.1, 0.15) is 6.04 Å². The van der Waals surface area contributed by atoms with Gasteiger partial charge in [0.15, 0.2) is 0 Å². The van der Waals surface area contributed by atoms with Crippen molar-refractivity contribution in [3.05, 3.63) is 79.6 Å². The van der Waals surface area contributed by atoms with Crippen molar-refractivity contribution in [3.63, 3.8) is 0 Å². The van der Waals surface area contributed by atoms with E-state index in [-0.39, 0.29) is 23.2 Å². The lowest BCUT2D eigenvalue weighted by atomic mass is 10.0. The molecule has 2 rings (SSSR count). The van der Waals surface area contributed by atoms with Gasteiger partial charge >= 0.3 is 11.7 Å². The van der Waals surface area contributed by atoms with E-state index in [1.54, 1.807) is 0 Å². The van der Waals surface area contributed by atoms with E-state index < -0.39 is 39.3 Å². The molecular weight excluding hydrogens is 365 g/mol. The Morgan fingerprint density at radius 2 is 1.81 bits per heavy atom. The number of nitro benzene ring substituents is 2. The lowest BCUT2D eigenvalue weighted by Crippen LogP contribution is -2.42. The normalized spacial score (nSPS) is 11.4. The minimum absolute atomic E-state index is 0.120. The lowest BCUT2D eigenvalue weighted by Gasteiger charge is -2.14. The van der Waals surface area contributed by atoms with Crippen LogP contribution >= 0.6 is 0 Å². The van der Waals surface area contributed by atoms with Crippen molar-refractivity contribution in [3.8, 4) is 0 Å². The fourth-order valence-electron chi connectivity index (χ4n) is 2.26. The summed E-state index contributed by atoms with van der Waals surface area (Å²) in [5.41, 5.74) is -1.17. The number of carbonyl (C=O) groups is 2. The van der Waals surface area contributed by atoms with Crippen molar-refractivity contribution in [1.82, 2.24) is 5.32 Å². The second-order valence-corrected chi connectivity index (χ2v) is 5.42. The van der Waals surface area contributed by atoms with Crippen molar-refractivity contribution < 1.29 is 28.9 Å². The zero-order chi connectivity index (χ0) is 20.1. The summed E-state index contributed by atoms with van der Waals surface area (Å²) in [6.45, 7) is 0. The van der Waals surface area contributed by atoms with Crippen LogP contribution in [0.5, 0.6) is 0 Å². The minimum atomic E-state index is -1.48. The Balaban J connectivity index is 2.21. The number of halogens is 1. The highest BCUT2D eigenvalue weighted by Gasteiger charge is 2.24. The molecule has 0 unspecified atom stereocenters. The van der Waals surface area contributed by atoms with Crippen molar-refractivity contribution >= 4 is 23.3 Å². The molecule has 0 bridgehead atoms. The Morgan fingerprint density at radius 1 is 1.11 bits per heavy atom. The van der Waals surface area contributed by atoms with Crippen LogP contribution in [0.15, 0.2) is 42.5 Å². The number of nitrogens with zero attached hydrogens (tertiary/aromatic N) is 2. The molecule has 0 aliphatic carbocycles. The monoisotopic (exact) mass is 377 g/mol.